The SMILES string of the molecule is CCCCCCCCC(CCCCCC)C(=O)OCCCCCCN(CCCCO)CCCCCCOC(=O)C(CCC)(CCCCCC)CCCCCCCC. The molecule has 0 saturated heterocycles. The number of aliphatic hydroxyl groups excluding tert-OH is 1. The minimum Gasteiger partial charge on any atom is -0.465 e. The zero-order valence-corrected chi connectivity index (χ0v) is 39.3. The second kappa shape index (κ2) is 43.0. The topological polar surface area (TPSA) is 76.1 Å². The molecule has 57 heavy (non-hydrogen) atoms. The van der Waals surface area contributed by atoms with E-state index in [9.17, 15) is 14.7 Å². The monoisotopic (exact) mass is 808 g/mol. The summed E-state index contributed by atoms with van der Waals surface area (Å²) in [6, 6.07) is 0. The number of unbranched alkanes of at least 4 members (excludes halogenated alkanes) is 23. The molecule has 0 aliphatic carbocycles. The van der Waals surface area contributed by atoms with Crippen molar-refractivity contribution in [1.82, 2.24) is 4.90 Å². The van der Waals surface area contributed by atoms with Gasteiger partial charge < -0.3 is 19.5 Å². The minimum atomic E-state index is -0.281. The van der Waals surface area contributed by atoms with E-state index in [1.165, 1.54) is 103 Å². The van der Waals surface area contributed by atoms with Crippen LogP contribution in [0, 0.1) is 11.3 Å². The molecule has 0 saturated carbocycles. The summed E-state index contributed by atoms with van der Waals surface area (Å²) in [4.78, 5) is 29.3. The lowest BCUT2D eigenvalue weighted by atomic mass is 9.74. The quantitative estimate of drug-likeness (QED) is 0.0488. The molecular formula is C51H101NO5. The molecular weight excluding hydrogens is 707 g/mol. The van der Waals surface area contributed by atoms with Crippen LogP contribution in [-0.2, 0) is 19.1 Å². The molecule has 0 fully saturated rings. The Morgan fingerprint density at radius 3 is 1.32 bits per heavy atom. The highest BCUT2D eigenvalue weighted by Crippen LogP contribution is 2.38. The van der Waals surface area contributed by atoms with Crippen molar-refractivity contribution in [1.29, 1.82) is 0 Å². The summed E-state index contributed by atoms with van der Waals surface area (Å²) in [5, 5.41) is 9.37. The summed E-state index contributed by atoms with van der Waals surface area (Å²) >= 11 is 0. The third kappa shape index (κ3) is 33.3. The number of ether oxygens (including phenoxy) is 2. The van der Waals surface area contributed by atoms with Gasteiger partial charge in [-0.3, -0.25) is 9.59 Å². The average molecular weight is 808 g/mol. The van der Waals surface area contributed by atoms with E-state index in [-0.39, 0.29) is 29.9 Å². The molecule has 0 spiro atoms. The lowest BCUT2D eigenvalue weighted by Gasteiger charge is -2.32. The number of carbonyl (C=O) groups excluding carboxylic acids is 2. The first kappa shape index (κ1) is 55.9. The Morgan fingerprint density at radius 1 is 0.439 bits per heavy atom. The number of hydrogen-bond donors (Lipinski definition) is 1. The van der Waals surface area contributed by atoms with Crippen LogP contribution in [0.4, 0.5) is 0 Å². The van der Waals surface area contributed by atoms with E-state index in [0.29, 0.717) is 13.2 Å². The third-order valence-electron chi connectivity index (χ3n) is 12.4. The molecule has 1 N–H and O–H groups in total. The first-order valence-corrected chi connectivity index (χ1v) is 25.6. The lowest BCUT2D eigenvalue weighted by molar-refractivity contribution is -0.158. The van der Waals surface area contributed by atoms with E-state index < -0.39 is 0 Å². The molecule has 0 aromatic heterocycles. The summed E-state index contributed by atoms with van der Waals surface area (Å²) in [7, 11) is 0. The van der Waals surface area contributed by atoms with Gasteiger partial charge in [0.05, 0.1) is 24.5 Å². The Hall–Kier alpha value is -1.14. The van der Waals surface area contributed by atoms with Gasteiger partial charge in [0.15, 0.2) is 0 Å². The van der Waals surface area contributed by atoms with Crippen molar-refractivity contribution in [3.63, 3.8) is 0 Å². The van der Waals surface area contributed by atoms with Crippen LogP contribution in [0.25, 0.3) is 0 Å². The van der Waals surface area contributed by atoms with Gasteiger partial charge in [-0.15, -0.1) is 0 Å². The van der Waals surface area contributed by atoms with Crippen LogP contribution in [-0.4, -0.2) is 61.4 Å². The zero-order chi connectivity index (χ0) is 41.9. The normalized spacial score (nSPS) is 13.2. The minimum absolute atomic E-state index is 0.0548. The van der Waals surface area contributed by atoms with Gasteiger partial charge in [-0.1, -0.05) is 195 Å². The third-order valence-corrected chi connectivity index (χ3v) is 12.4. The van der Waals surface area contributed by atoms with E-state index in [1.54, 1.807) is 0 Å². The predicted molar refractivity (Wildman–Crippen MR) is 246 cm³/mol. The van der Waals surface area contributed by atoms with Gasteiger partial charge in [-0.2, -0.15) is 0 Å². The fourth-order valence-electron chi connectivity index (χ4n) is 8.64. The van der Waals surface area contributed by atoms with E-state index in [0.717, 1.165) is 148 Å². The summed E-state index contributed by atoms with van der Waals surface area (Å²) in [6.45, 7) is 15.9. The van der Waals surface area contributed by atoms with Gasteiger partial charge in [0.2, 0.25) is 0 Å². The van der Waals surface area contributed by atoms with Crippen LogP contribution >= 0.6 is 0 Å². The average Bonchev–Trinajstić information content (AvgIpc) is 3.21. The van der Waals surface area contributed by atoms with Gasteiger partial charge in [-0.05, 0) is 90.3 Å². The fourth-order valence-corrected chi connectivity index (χ4v) is 8.64. The molecule has 0 heterocycles. The van der Waals surface area contributed by atoms with Gasteiger partial charge in [0, 0.05) is 6.61 Å². The second-order valence-electron chi connectivity index (χ2n) is 17.9. The van der Waals surface area contributed by atoms with E-state index >= 15 is 0 Å². The molecule has 0 bridgehead atoms. The number of rotatable bonds is 46. The van der Waals surface area contributed by atoms with Crippen LogP contribution in [0.2, 0.25) is 0 Å². The molecule has 0 aliphatic heterocycles. The van der Waals surface area contributed by atoms with Crippen molar-refractivity contribution in [2.75, 3.05) is 39.5 Å². The first-order valence-electron chi connectivity index (χ1n) is 25.6. The highest BCUT2D eigenvalue weighted by molar-refractivity contribution is 5.76. The maximum Gasteiger partial charge on any atom is 0.312 e. The van der Waals surface area contributed by atoms with Crippen molar-refractivity contribution in [2.24, 2.45) is 11.3 Å². The summed E-state index contributed by atoms with van der Waals surface area (Å²) in [5.74, 6) is 0.234. The summed E-state index contributed by atoms with van der Waals surface area (Å²) in [5.41, 5.74) is -0.281. The Balaban J connectivity index is 4.59. The van der Waals surface area contributed by atoms with Crippen LogP contribution in [0.1, 0.15) is 266 Å². The van der Waals surface area contributed by atoms with Crippen LogP contribution in [0.3, 0.4) is 0 Å². The Morgan fingerprint density at radius 2 is 0.825 bits per heavy atom. The maximum atomic E-state index is 13.7. The molecule has 6 nitrogen and oxygen atoms in total. The fraction of sp³-hybridized carbons (Fsp3) is 0.961. The van der Waals surface area contributed by atoms with Crippen molar-refractivity contribution >= 4 is 11.9 Å². The molecule has 0 amide bonds. The zero-order valence-electron chi connectivity index (χ0n) is 39.3. The van der Waals surface area contributed by atoms with Gasteiger partial charge >= 0.3 is 11.9 Å². The Bertz CT molecular complexity index is 851. The van der Waals surface area contributed by atoms with Crippen LogP contribution < -0.4 is 0 Å². The predicted octanol–water partition coefficient (Wildman–Crippen LogP) is 15.1. The Kier molecular flexibility index (Phi) is 42.1. The van der Waals surface area contributed by atoms with Crippen molar-refractivity contribution in [3.8, 4) is 0 Å². The van der Waals surface area contributed by atoms with Crippen LogP contribution in [0.5, 0.6) is 0 Å². The number of aliphatic hydroxyl groups is 1. The van der Waals surface area contributed by atoms with Crippen molar-refractivity contribution in [3.05, 3.63) is 0 Å². The second-order valence-corrected chi connectivity index (χ2v) is 17.9. The van der Waals surface area contributed by atoms with Gasteiger partial charge in [0.25, 0.3) is 0 Å². The van der Waals surface area contributed by atoms with Crippen molar-refractivity contribution < 1.29 is 24.2 Å². The number of hydrogen-bond acceptors (Lipinski definition) is 6. The molecule has 0 aliphatic rings. The smallest absolute Gasteiger partial charge is 0.312 e. The molecule has 6 heteroatoms. The number of carbonyl (C=O) groups is 2. The molecule has 0 radical (unpaired) electrons. The Labute approximate surface area is 356 Å². The summed E-state index contributed by atoms with van der Waals surface area (Å²) < 4.78 is 11.9. The summed E-state index contributed by atoms with van der Waals surface area (Å²) in [6.07, 6.45) is 41.5. The highest BCUT2D eigenvalue weighted by Gasteiger charge is 2.38. The lowest BCUT2D eigenvalue weighted by Crippen LogP contribution is -2.33. The van der Waals surface area contributed by atoms with E-state index in [1.807, 2.05) is 0 Å². The van der Waals surface area contributed by atoms with Crippen LogP contribution in [0.15, 0.2) is 0 Å². The highest BCUT2D eigenvalue weighted by atomic mass is 16.5. The standard InChI is InChI=1S/C51H101NO5/c1-6-11-15-19-21-28-38-48(37-27-17-13-8-3)49(54)56-46-35-25-23-31-42-52(44-33-34-45-53)43-32-24-26-36-47-57-50(55)51(39-10-5,40-29-18-14-9-4)41-30-22-20-16-12-7-2/h48,53H,6-47H2,1-5H3. The molecule has 0 rings (SSSR count). The maximum absolute atomic E-state index is 13.7. The van der Waals surface area contributed by atoms with Gasteiger partial charge in [-0.25, -0.2) is 0 Å². The van der Waals surface area contributed by atoms with E-state index in [4.69, 9.17) is 9.47 Å². The molecule has 0 aromatic carbocycles. The molecule has 2 unspecified atom stereocenters. The number of esters is 2. The van der Waals surface area contributed by atoms with Crippen molar-refractivity contribution in [2.45, 2.75) is 266 Å². The molecule has 0 aromatic rings. The number of nitrogens with zero attached hydrogens (tertiary/aromatic N) is 1. The largest absolute Gasteiger partial charge is 0.465 e. The van der Waals surface area contributed by atoms with Gasteiger partial charge in [0.1, 0.15) is 0 Å². The molecule has 340 valence electrons. The first-order chi connectivity index (χ1) is 27.9. The van der Waals surface area contributed by atoms with E-state index in [2.05, 4.69) is 39.5 Å². The molecule has 2 atom stereocenters.